The van der Waals surface area contributed by atoms with Crippen LogP contribution in [0.5, 0.6) is 5.75 Å². The molecule has 1 aromatic carbocycles. The van der Waals surface area contributed by atoms with Gasteiger partial charge in [-0.25, -0.2) is 0 Å². The van der Waals surface area contributed by atoms with Gasteiger partial charge in [0.2, 0.25) is 5.91 Å². The van der Waals surface area contributed by atoms with Gasteiger partial charge in [0.05, 0.1) is 0 Å². The number of hydrogen-bond acceptors (Lipinski definition) is 3. The maximum Gasteiger partial charge on any atom is 0.260 e. The molecule has 32 heavy (non-hydrogen) atoms. The molecule has 5 nitrogen and oxygen atoms in total. The van der Waals surface area contributed by atoms with E-state index in [1.54, 1.807) is 0 Å². The molecule has 2 amide bonds. The summed E-state index contributed by atoms with van der Waals surface area (Å²) in [5, 5.41) is 3.40. The largest absolute Gasteiger partial charge is 0.484 e. The van der Waals surface area contributed by atoms with Gasteiger partial charge in [-0.1, -0.05) is 25.5 Å². The van der Waals surface area contributed by atoms with Gasteiger partial charge >= 0.3 is 0 Å². The molecule has 174 valence electrons. The number of likely N-dealkylation sites (tertiary alicyclic amines) is 1. The van der Waals surface area contributed by atoms with E-state index in [2.05, 4.69) is 24.4 Å². The lowest BCUT2D eigenvalue weighted by molar-refractivity contribution is -0.147. The van der Waals surface area contributed by atoms with Crippen LogP contribution in [0.25, 0.3) is 0 Å². The zero-order valence-corrected chi connectivity index (χ0v) is 19.5. The van der Waals surface area contributed by atoms with Gasteiger partial charge < -0.3 is 15.0 Å². The Morgan fingerprint density at radius 3 is 2.16 bits per heavy atom. The molecule has 1 aliphatic heterocycles. The van der Waals surface area contributed by atoms with Crippen molar-refractivity contribution in [2.24, 2.45) is 23.2 Å². The second-order valence-corrected chi connectivity index (χ2v) is 11.0. The Hall–Kier alpha value is -2.04. The van der Waals surface area contributed by atoms with E-state index in [9.17, 15) is 9.59 Å². The van der Waals surface area contributed by atoms with Crippen molar-refractivity contribution in [1.82, 2.24) is 10.2 Å². The molecule has 1 saturated heterocycles. The third-order valence-electron chi connectivity index (χ3n) is 8.53. The first-order valence-corrected chi connectivity index (χ1v) is 12.8. The highest BCUT2D eigenvalue weighted by atomic mass is 16.5. The maximum absolute atomic E-state index is 13.3. The van der Waals surface area contributed by atoms with Crippen LogP contribution in [0.15, 0.2) is 24.3 Å². The Bertz CT molecular complexity index is 791. The minimum Gasteiger partial charge on any atom is -0.484 e. The summed E-state index contributed by atoms with van der Waals surface area (Å²) in [6.45, 7) is 3.64. The van der Waals surface area contributed by atoms with Crippen molar-refractivity contribution < 1.29 is 14.3 Å². The first-order chi connectivity index (χ1) is 15.5. The molecule has 4 bridgehead atoms. The van der Waals surface area contributed by atoms with Crippen LogP contribution in [0.2, 0.25) is 0 Å². The van der Waals surface area contributed by atoms with Crippen LogP contribution in [-0.2, 0) is 16.0 Å². The van der Waals surface area contributed by atoms with Crippen molar-refractivity contribution in [2.45, 2.75) is 77.2 Å². The Balaban J connectivity index is 1.07. The molecule has 1 aromatic rings. The number of nitrogens with one attached hydrogen (secondary N) is 1. The van der Waals surface area contributed by atoms with E-state index in [-0.39, 0.29) is 24.0 Å². The highest BCUT2D eigenvalue weighted by Crippen LogP contribution is 2.60. The monoisotopic (exact) mass is 438 g/mol. The number of hydrogen-bond donors (Lipinski definition) is 1. The fourth-order valence-corrected chi connectivity index (χ4v) is 7.28. The molecule has 4 saturated carbocycles. The smallest absolute Gasteiger partial charge is 0.260 e. The molecule has 0 unspecified atom stereocenters. The highest BCUT2D eigenvalue weighted by molar-refractivity contribution is 5.83. The van der Waals surface area contributed by atoms with E-state index in [0.29, 0.717) is 19.0 Å². The summed E-state index contributed by atoms with van der Waals surface area (Å²) in [5.74, 6) is 3.46. The van der Waals surface area contributed by atoms with Crippen LogP contribution >= 0.6 is 0 Å². The Labute approximate surface area is 192 Å². The third kappa shape index (κ3) is 4.53. The van der Waals surface area contributed by atoms with Gasteiger partial charge in [0, 0.05) is 24.5 Å². The number of aryl methyl sites for hydroxylation is 1. The van der Waals surface area contributed by atoms with Crippen LogP contribution < -0.4 is 10.1 Å². The Kier molecular flexibility index (Phi) is 6.18. The number of carbonyl (C=O) groups excluding carboxylic acids is 2. The lowest BCUT2D eigenvalue weighted by Gasteiger charge is -2.56. The van der Waals surface area contributed by atoms with E-state index in [1.165, 1.54) is 24.8 Å². The summed E-state index contributed by atoms with van der Waals surface area (Å²) >= 11 is 0. The molecule has 5 fully saturated rings. The maximum atomic E-state index is 13.3. The molecule has 0 atom stereocenters. The summed E-state index contributed by atoms with van der Waals surface area (Å²) in [5.41, 5.74) is 1.21. The summed E-state index contributed by atoms with van der Waals surface area (Å²) in [7, 11) is 0. The number of ether oxygens (including phenoxy) is 1. The van der Waals surface area contributed by atoms with Crippen LogP contribution in [0, 0.1) is 23.2 Å². The zero-order valence-electron chi connectivity index (χ0n) is 19.5. The van der Waals surface area contributed by atoms with Crippen molar-refractivity contribution in [1.29, 1.82) is 0 Å². The number of carbonyl (C=O) groups is 2. The molecule has 0 spiro atoms. The van der Waals surface area contributed by atoms with E-state index in [1.807, 2.05) is 17.0 Å². The molecule has 4 aliphatic carbocycles. The first kappa shape index (κ1) is 21.8. The lowest BCUT2D eigenvalue weighted by Crippen LogP contribution is -2.56. The van der Waals surface area contributed by atoms with Crippen molar-refractivity contribution in [3.05, 3.63) is 29.8 Å². The van der Waals surface area contributed by atoms with Crippen molar-refractivity contribution in [3.8, 4) is 5.75 Å². The van der Waals surface area contributed by atoms with Gasteiger partial charge in [0.25, 0.3) is 5.91 Å². The van der Waals surface area contributed by atoms with Gasteiger partial charge in [-0.3, -0.25) is 9.59 Å². The molecule has 1 N–H and O–H groups in total. The van der Waals surface area contributed by atoms with Gasteiger partial charge in [0.1, 0.15) is 5.75 Å². The van der Waals surface area contributed by atoms with Gasteiger partial charge in [-0.05, 0) is 93.2 Å². The summed E-state index contributed by atoms with van der Waals surface area (Å²) in [6.07, 6.45) is 11.3. The van der Waals surface area contributed by atoms with Crippen LogP contribution in [0.3, 0.4) is 0 Å². The molecule has 5 heteroatoms. The quantitative estimate of drug-likeness (QED) is 0.689. The average Bonchev–Trinajstić information content (AvgIpc) is 2.78. The van der Waals surface area contributed by atoms with E-state index < -0.39 is 0 Å². The number of piperidine rings is 1. The molecule has 0 radical (unpaired) electrons. The zero-order chi connectivity index (χ0) is 22.1. The second kappa shape index (κ2) is 9.07. The number of benzene rings is 1. The molecular formula is C27H38N2O3. The van der Waals surface area contributed by atoms with E-state index in [4.69, 9.17) is 4.74 Å². The predicted molar refractivity (Wildman–Crippen MR) is 124 cm³/mol. The van der Waals surface area contributed by atoms with Crippen molar-refractivity contribution in [3.63, 3.8) is 0 Å². The predicted octanol–water partition coefficient (Wildman–Crippen LogP) is 4.34. The lowest BCUT2D eigenvalue weighted by atomic mass is 9.49. The molecule has 6 rings (SSSR count). The number of amides is 2. The van der Waals surface area contributed by atoms with Crippen molar-refractivity contribution >= 4 is 11.8 Å². The van der Waals surface area contributed by atoms with Crippen LogP contribution in [0.4, 0.5) is 0 Å². The van der Waals surface area contributed by atoms with Crippen molar-refractivity contribution in [2.75, 3.05) is 19.7 Å². The minimum absolute atomic E-state index is 0.0356. The fraction of sp³-hybridized carbons (Fsp3) is 0.704. The topological polar surface area (TPSA) is 58.6 Å². The highest BCUT2D eigenvalue weighted by Gasteiger charge is 2.54. The van der Waals surface area contributed by atoms with E-state index >= 15 is 0 Å². The van der Waals surface area contributed by atoms with Crippen LogP contribution in [-0.4, -0.2) is 42.5 Å². The second-order valence-electron chi connectivity index (χ2n) is 11.0. The summed E-state index contributed by atoms with van der Waals surface area (Å²) in [4.78, 5) is 27.8. The molecule has 5 aliphatic rings. The van der Waals surface area contributed by atoms with Gasteiger partial charge in [0.15, 0.2) is 6.61 Å². The normalized spacial score (nSPS) is 31.5. The average molecular weight is 439 g/mol. The Morgan fingerprint density at radius 2 is 1.59 bits per heavy atom. The number of nitrogens with zero attached hydrogens (tertiary/aromatic N) is 1. The number of rotatable bonds is 7. The van der Waals surface area contributed by atoms with Gasteiger partial charge in [-0.15, -0.1) is 0 Å². The molecular weight excluding hydrogens is 400 g/mol. The fourth-order valence-electron chi connectivity index (χ4n) is 7.28. The summed E-state index contributed by atoms with van der Waals surface area (Å²) < 4.78 is 5.72. The first-order valence-electron chi connectivity index (χ1n) is 12.8. The van der Waals surface area contributed by atoms with Crippen LogP contribution in [0.1, 0.15) is 70.3 Å². The molecule has 0 aromatic heterocycles. The standard InChI is InChI=1S/C27H38N2O3/c1-2-3-19-4-6-24(7-5-19)32-18-25(30)29-10-8-23(9-11-29)28-26(31)27-15-20-12-21(16-27)14-22(13-20)17-27/h4-7,20-23H,2-3,8-18H2,1H3,(H,28,31). The SMILES string of the molecule is CCCc1ccc(OCC(=O)N2CCC(NC(=O)C34CC5CC(CC(C5)C3)C4)CC2)cc1. The third-order valence-corrected chi connectivity index (χ3v) is 8.53. The Morgan fingerprint density at radius 1 is 1.00 bits per heavy atom. The van der Waals surface area contributed by atoms with E-state index in [0.717, 1.165) is 68.4 Å². The molecule has 1 heterocycles. The van der Waals surface area contributed by atoms with Gasteiger partial charge in [-0.2, -0.15) is 0 Å². The minimum atomic E-state index is -0.0811. The summed E-state index contributed by atoms with van der Waals surface area (Å²) in [6, 6.07) is 8.24.